The number of carbonyl (C=O) groups is 1. The lowest BCUT2D eigenvalue weighted by molar-refractivity contribution is -0.122. The molecule has 1 aliphatic rings. The highest BCUT2D eigenvalue weighted by Crippen LogP contribution is 2.24. The van der Waals surface area contributed by atoms with Crippen molar-refractivity contribution in [3.8, 4) is 0 Å². The lowest BCUT2D eigenvalue weighted by Gasteiger charge is -2.13. The zero-order chi connectivity index (χ0) is 14.8. The maximum absolute atomic E-state index is 13.2. The average Bonchev–Trinajstić information content (AvgIpc) is 3.06. The molecule has 1 fully saturated rings. The Balaban J connectivity index is 0.00000176. The second kappa shape index (κ2) is 7.11. The Morgan fingerprint density at radius 1 is 1.50 bits per heavy atom. The van der Waals surface area contributed by atoms with Gasteiger partial charge in [-0.3, -0.25) is 4.79 Å². The average molecular weight is 327 g/mol. The lowest BCUT2D eigenvalue weighted by atomic mass is 10.0. The summed E-state index contributed by atoms with van der Waals surface area (Å²) >= 11 is 0. The summed E-state index contributed by atoms with van der Waals surface area (Å²) in [7, 11) is 0. The number of furan rings is 1. The van der Waals surface area contributed by atoms with Gasteiger partial charge in [-0.05, 0) is 56.6 Å². The highest BCUT2D eigenvalue weighted by Gasteiger charge is 2.20. The van der Waals surface area contributed by atoms with Crippen LogP contribution in [0.2, 0.25) is 0 Å². The number of fused-ring (bicyclic) bond motifs is 1. The summed E-state index contributed by atoms with van der Waals surface area (Å²) in [6, 6.07) is 5.96. The second-order valence-electron chi connectivity index (χ2n) is 5.68. The molecule has 1 saturated heterocycles. The van der Waals surface area contributed by atoms with Crippen LogP contribution in [0.3, 0.4) is 0 Å². The molecule has 2 aromatic rings. The zero-order valence-electron chi connectivity index (χ0n) is 12.4. The van der Waals surface area contributed by atoms with E-state index in [0.29, 0.717) is 29.1 Å². The van der Waals surface area contributed by atoms with Crippen LogP contribution in [0.25, 0.3) is 11.0 Å². The molecule has 6 heteroatoms. The van der Waals surface area contributed by atoms with Gasteiger partial charge in [0, 0.05) is 11.8 Å². The normalized spacial score (nSPS) is 18.9. The summed E-state index contributed by atoms with van der Waals surface area (Å²) in [6.07, 6.45) is 1.58. The van der Waals surface area contributed by atoms with E-state index in [0.717, 1.165) is 19.5 Å². The topological polar surface area (TPSA) is 54.3 Å². The Kier molecular flexibility index (Phi) is 5.42. The summed E-state index contributed by atoms with van der Waals surface area (Å²) in [4.78, 5) is 12.0. The SMILES string of the molecule is C[C@@H](NC(=O)C[C@H]1CCNC1)c1cc2cc(F)ccc2o1.Cl. The fourth-order valence-electron chi connectivity index (χ4n) is 2.77. The molecular weight excluding hydrogens is 307 g/mol. The third-order valence-corrected chi connectivity index (χ3v) is 3.94. The standard InChI is InChI=1S/C16H19FN2O2.ClH/c1-10(19-16(20)6-11-4-5-18-9-11)15-8-12-7-13(17)2-3-14(12)21-15;/h2-3,7-8,10-11,18H,4-6,9H2,1H3,(H,19,20);1H/t10-,11-;/m1./s1. The number of rotatable bonds is 4. The van der Waals surface area contributed by atoms with E-state index in [1.807, 2.05) is 6.92 Å². The van der Waals surface area contributed by atoms with Crippen molar-refractivity contribution in [2.45, 2.75) is 25.8 Å². The minimum atomic E-state index is -0.291. The van der Waals surface area contributed by atoms with Crippen LogP contribution in [0.15, 0.2) is 28.7 Å². The summed E-state index contributed by atoms with van der Waals surface area (Å²) in [5.41, 5.74) is 0.632. The van der Waals surface area contributed by atoms with Gasteiger partial charge in [0.25, 0.3) is 0 Å². The van der Waals surface area contributed by atoms with Crippen LogP contribution in [0.1, 0.15) is 31.6 Å². The molecular formula is C16H20ClFN2O2. The molecule has 2 heterocycles. The van der Waals surface area contributed by atoms with E-state index in [9.17, 15) is 9.18 Å². The Morgan fingerprint density at radius 3 is 3.05 bits per heavy atom. The third-order valence-electron chi connectivity index (χ3n) is 3.94. The number of halogens is 2. The van der Waals surface area contributed by atoms with Gasteiger partial charge in [0.15, 0.2) is 0 Å². The Labute approximate surface area is 134 Å². The molecule has 0 saturated carbocycles. The molecule has 1 aromatic heterocycles. The summed E-state index contributed by atoms with van der Waals surface area (Å²) in [5.74, 6) is 0.804. The molecule has 2 N–H and O–H groups in total. The van der Waals surface area contributed by atoms with Gasteiger partial charge in [-0.15, -0.1) is 12.4 Å². The molecule has 0 bridgehead atoms. The number of hydrogen-bond donors (Lipinski definition) is 2. The number of nitrogens with one attached hydrogen (secondary N) is 2. The largest absolute Gasteiger partial charge is 0.459 e. The zero-order valence-corrected chi connectivity index (χ0v) is 13.2. The van der Waals surface area contributed by atoms with Gasteiger partial charge in [0.05, 0.1) is 6.04 Å². The Morgan fingerprint density at radius 2 is 2.32 bits per heavy atom. The van der Waals surface area contributed by atoms with Crippen LogP contribution < -0.4 is 10.6 Å². The molecule has 3 rings (SSSR count). The van der Waals surface area contributed by atoms with Gasteiger partial charge in [-0.1, -0.05) is 0 Å². The van der Waals surface area contributed by atoms with Crippen LogP contribution in [0.5, 0.6) is 0 Å². The Bertz CT molecular complexity index is 653. The monoisotopic (exact) mass is 326 g/mol. The van der Waals surface area contributed by atoms with Crippen molar-refractivity contribution >= 4 is 29.3 Å². The van der Waals surface area contributed by atoms with Crippen molar-refractivity contribution in [3.05, 3.63) is 35.8 Å². The van der Waals surface area contributed by atoms with E-state index < -0.39 is 0 Å². The molecule has 4 nitrogen and oxygen atoms in total. The first-order valence-corrected chi connectivity index (χ1v) is 7.31. The number of carbonyl (C=O) groups excluding carboxylic acids is 1. The van der Waals surface area contributed by atoms with Gasteiger partial charge in [0.1, 0.15) is 17.2 Å². The highest BCUT2D eigenvalue weighted by atomic mass is 35.5. The minimum absolute atomic E-state index is 0. The first kappa shape index (κ1) is 16.8. The molecule has 1 aromatic carbocycles. The predicted octanol–water partition coefficient (Wildman–Crippen LogP) is 3.17. The summed E-state index contributed by atoms with van der Waals surface area (Å²) in [5, 5.41) is 6.91. The fraction of sp³-hybridized carbons (Fsp3) is 0.438. The van der Waals surface area contributed by atoms with Crippen LogP contribution in [0.4, 0.5) is 4.39 Å². The quantitative estimate of drug-likeness (QED) is 0.907. The highest BCUT2D eigenvalue weighted by molar-refractivity contribution is 5.85. The van der Waals surface area contributed by atoms with E-state index in [-0.39, 0.29) is 30.2 Å². The maximum Gasteiger partial charge on any atom is 0.220 e. The lowest BCUT2D eigenvalue weighted by Crippen LogP contribution is -2.28. The van der Waals surface area contributed by atoms with Crippen LogP contribution >= 0.6 is 12.4 Å². The van der Waals surface area contributed by atoms with E-state index in [2.05, 4.69) is 10.6 Å². The van der Waals surface area contributed by atoms with Crippen molar-refractivity contribution in [2.24, 2.45) is 5.92 Å². The smallest absolute Gasteiger partial charge is 0.220 e. The van der Waals surface area contributed by atoms with Crippen molar-refractivity contribution in [1.29, 1.82) is 0 Å². The number of benzene rings is 1. The Hall–Kier alpha value is -1.59. The molecule has 22 heavy (non-hydrogen) atoms. The molecule has 0 unspecified atom stereocenters. The number of hydrogen-bond acceptors (Lipinski definition) is 3. The fourth-order valence-corrected chi connectivity index (χ4v) is 2.77. The van der Waals surface area contributed by atoms with E-state index in [4.69, 9.17) is 4.42 Å². The van der Waals surface area contributed by atoms with E-state index >= 15 is 0 Å². The van der Waals surface area contributed by atoms with E-state index in [1.54, 1.807) is 12.1 Å². The predicted molar refractivity (Wildman–Crippen MR) is 85.6 cm³/mol. The van der Waals surface area contributed by atoms with Crippen LogP contribution in [-0.4, -0.2) is 19.0 Å². The summed E-state index contributed by atoms with van der Waals surface area (Å²) < 4.78 is 18.8. The third kappa shape index (κ3) is 3.78. The summed E-state index contributed by atoms with van der Waals surface area (Å²) in [6.45, 7) is 3.77. The molecule has 0 aliphatic carbocycles. The van der Waals surface area contributed by atoms with Gasteiger partial charge in [-0.25, -0.2) is 4.39 Å². The maximum atomic E-state index is 13.2. The van der Waals surface area contributed by atoms with Gasteiger partial charge in [0.2, 0.25) is 5.91 Å². The van der Waals surface area contributed by atoms with Crippen molar-refractivity contribution in [3.63, 3.8) is 0 Å². The molecule has 0 spiro atoms. The van der Waals surface area contributed by atoms with Crippen LogP contribution in [0, 0.1) is 11.7 Å². The van der Waals surface area contributed by atoms with E-state index in [1.165, 1.54) is 12.1 Å². The first-order valence-electron chi connectivity index (χ1n) is 7.31. The van der Waals surface area contributed by atoms with Crippen molar-refractivity contribution in [1.82, 2.24) is 10.6 Å². The number of amides is 1. The van der Waals surface area contributed by atoms with Gasteiger partial charge >= 0.3 is 0 Å². The van der Waals surface area contributed by atoms with Gasteiger partial charge in [-0.2, -0.15) is 0 Å². The second-order valence-corrected chi connectivity index (χ2v) is 5.68. The first-order chi connectivity index (χ1) is 10.1. The molecule has 120 valence electrons. The molecule has 0 radical (unpaired) electrons. The van der Waals surface area contributed by atoms with Crippen LogP contribution in [-0.2, 0) is 4.79 Å². The van der Waals surface area contributed by atoms with Gasteiger partial charge < -0.3 is 15.1 Å². The molecule has 1 amide bonds. The van der Waals surface area contributed by atoms with Crippen molar-refractivity contribution in [2.75, 3.05) is 13.1 Å². The molecule has 1 aliphatic heterocycles. The minimum Gasteiger partial charge on any atom is -0.459 e. The molecule has 2 atom stereocenters. The van der Waals surface area contributed by atoms with Crippen molar-refractivity contribution < 1.29 is 13.6 Å².